The van der Waals surface area contributed by atoms with E-state index in [1.807, 2.05) is 31.2 Å². The second kappa shape index (κ2) is 8.61. The van der Waals surface area contributed by atoms with Crippen LogP contribution in [0.5, 0.6) is 0 Å². The van der Waals surface area contributed by atoms with E-state index in [1.54, 1.807) is 17.3 Å². The SMILES string of the molecule is C=CC1CCC2(CC1)CN(c1ccc([C@@H]3c4ccc5[nH]ncc5c4C[C@@H](C)N3CC(F)(F)F)cn1)C2. The summed E-state index contributed by atoms with van der Waals surface area (Å²) in [6.45, 7) is 6.88. The minimum Gasteiger partial charge on any atom is -0.355 e. The van der Waals surface area contributed by atoms with E-state index >= 15 is 0 Å². The van der Waals surface area contributed by atoms with Gasteiger partial charge in [0, 0.05) is 36.1 Å². The number of pyridine rings is 1. The Morgan fingerprint density at radius 1 is 1.14 bits per heavy atom. The standard InChI is InChI=1S/C28H32F3N5/c1-3-19-8-10-27(11-9-19)15-35(16-27)25-7-4-20(13-32-25)26-21-5-6-24-23(14-33-34-24)22(21)12-18(2)36(26)17-28(29,30)31/h3-7,13-14,18-19,26H,1,8-12,15-17H2,2H3,(H,33,34)/t18-,26-/m1/s1. The fraction of sp³-hybridized carbons (Fsp3) is 0.500. The summed E-state index contributed by atoms with van der Waals surface area (Å²) in [7, 11) is 0. The highest BCUT2D eigenvalue weighted by Crippen LogP contribution is 2.47. The first-order chi connectivity index (χ1) is 17.3. The maximum Gasteiger partial charge on any atom is 0.401 e. The first-order valence-electron chi connectivity index (χ1n) is 12.9. The molecule has 1 N–H and O–H groups in total. The van der Waals surface area contributed by atoms with Crippen molar-refractivity contribution >= 4 is 16.7 Å². The third-order valence-corrected chi connectivity index (χ3v) is 8.71. The number of nitrogens with zero attached hydrogens (tertiary/aromatic N) is 4. The number of aromatic amines is 1. The summed E-state index contributed by atoms with van der Waals surface area (Å²) in [4.78, 5) is 8.62. The van der Waals surface area contributed by atoms with Crippen molar-refractivity contribution in [2.24, 2.45) is 11.3 Å². The molecule has 1 aromatic carbocycles. The van der Waals surface area contributed by atoms with Gasteiger partial charge in [0.05, 0.1) is 24.3 Å². The van der Waals surface area contributed by atoms with Gasteiger partial charge in [-0.3, -0.25) is 10.00 Å². The molecule has 0 amide bonds. The molecule has 0 bridgehead atoms. The van der Waals surface area contributed by atoms with E-state index in [4.69, 9.17) is 4.98 Å². The zero-order valence-electron chi connectivity index (χ0n) is 20.6. The van der Waals surface area contributed by atoms with E-state index in [9.17, 15) is 13.2 Å². The lowest BCUT2D eigenvalue weighted by Crippen LogP contribution is -2.58. The lowest BCUT2D eigenvalue weighted by Gasteiger charge is -2.54. The number of benzene rings is 1. The maximum absolute atomic E-state index is 13.6. The van der Waals surface area contributed by atoms with Gasteiger partial charge < -0.3 is 4.90 Å². The van der Waals surface area contributed by atoms with Gasteiger partial charge in [-0.2, -0.15) is 18.3 Å². The number of hydrogen-bond acceptors (Lipinski definition) is 4. The van der Waals surface area contributed by atoms with Gasteiger partial charge in [0.15, 0.2) is 0 Å². The molecule has 1 spiro atoms. The van der Waals surface area contributed by atoms with Crippen LogP contribution in [-0.4, -0.2) is 51.9 Å². The van der Waals surface area contributed by atoms with Gasteiger partial charge in [0.2, 0.25) is 0 Å². The largest absolute Gasteiger partial charge is 0.401 e. The number of fused-ring (bicyclic) bond motifs is 3. The molecule has 8 heteroatoms. The highest BCUT2D eigenvalue weighted by Gasteiger charge is 2.45. The molecule has 0 radical (unpaired) electrons. The van der Waals surface area contributed by atoms with E-state index in [-0.39, 0.29) is 6.04 Å². The third kappa shape index (κ3) is 4.09. The van der Waals surface area contributed by atoms with Crippen molar-refractivity contribution in [1.29, 1.82) is 0 Å². The molecular weight excluding hydrogens is 463 g/mol. The second-order valence-electron chi connectivity index (χ2n) is 11.1. The smallest absolute Gasteiger partial charge is 0.355 e. The predicted octanol–water partition coefficient (Wildman–Crippen LogP) is 6.04. The Morgan fingerprint density at radius 3 is 2.58 bits per heavy atom. The zero-order valence-corrected chi connectivity index (χ0v) is 20.6. The summed E-state index contributed by atoms with van der Waals surface area (Å²) in [6, 6.07) is 7.03. The van der Waals surface area contributed by atoms with E-state index in [0.29, 0.717) is 17.8 Å². The molecule has 1 aliphatic carbocycles. The second-order valence-corrected chi connectivity index (χ2v) is 11.1. The Kier molecular flexibility index (Phi) is 5.63. The van der Waals surface area contributed by atoms with Gasteiger partial charge in [0.25, 0.3) is 0 Å². The minimum atomic E-state index is -4.28. The molecule has 2 fully saturated rings. The van der Waals surface area contributed by atoms with Gasteiger partial charge >= 0.3 is 6.18 Å². The lowest BCUT2D eigenvalue weighted by molar-refractivity contribution is -0.155. The number of hydrogen-bond donors (Lipinski definition) is 1. The summed E-state index contributed by atoms with van der Waals surface area (Å²) in [5, 5.41) is 8.13. The van der Waals surface area contributed by atoms with E-state index in [0.717, 1.165) is 46.5 Å². The summed E-state index contributed by atoms with van der Waals surface area (Å²) in [5.41, 5.74) is 4.06. The first-order valence-corrected chi connectivity index (χ1v) is 12.9. The van der Waals surface area contributed by atoms with Crippen molar-refractivity contribution in [3.63, 3.8) is 0 Å². The van der Waals surface area contributed by atoms with Crippen LogP contribution < -0.4 is 4.90 Å². The van der Waals surface area contributed by atoms with Crippen molar-refractivity contribution in [1.82, 2.24) is 20.1 Å². The molecule has 2 aromatic heterocycles. The Labute approximate surface area is 209 Å². The van der Waals surface area contributed by atoms with Crippen LogP contribution in [0.25, 0.3) is 10.9 Å². The van der Waals surface area contributed by atoms with E-state index < -0.39 is 18.8 Å². The molecule has 5 nitrogen and oxygen atoms in total. The first kappa shape index (κ1) is 23.5. The van der Waals surface area contributed by atoms with Crippen LogP contribution in [-0.2, 0) is 6.42 Å². The molecule has 2 aliphatic heterocycles. The average molecular weight is 496 g/mol. The van der Waals surface area contributed by atoms with E-state index in [1.165, 1.54) is 25.7 Å². The Hall–Kier alpha value is -2.87. The van der Waals surface area contributed by atoms with Crippen LogP contribution in [0.4, 0.5) is 19.0 Å². The Balaban J connectivity index is 1.28. The molecule has 1 saturated heterocycles. The summed E-state index contributed by atoms with van der Waals surface area (Å²) in [5.74, 6) is 1.55. The number of aromatic nitrogens is 3. The van der Waals surface area contributed by atoms with Gasteiger partial charge in [-0.25, -0.2) is 4.98 Å². The zero-order chi connectivity index (χ0) is 25.1. The highest BCUT2D eigenvalue weighted by molar-refractivity contribution is 5.83. The third-order valence-electron chi connectivity index (χ3n) is 8.71. The van der Waals surface area contributed by atoms with Crippen LogP contribution >= 0.6 is 0 Å². The van der Waals surface area contributed by atoms with Crippen molar-refractivity contribution in [2.45, 2.75) is 57.3 Å². The Bertz CT molecular complexity index is 1250. The number of anilines is 1. The number of nitrogens with one attached hydrogen (secondary N) is 1. The number of H-pyrrole nitrogens is 1. The molecule has 3 aliphatic rings. The number of allylic oxidation sites excluding steroid dienone is 1. The molecule has 36 heavy (non-hydrogen) atoms. The fourth-order valence-electron chi connectivity index (χ4n) is 6.72. The number of rotatable bonds is 4. The maximum atomic E-state index is 13.6. The minimum absolute atomic E-state index is 0.273. The molecule has 1 saturated carbocycles. The fourth-order valence-corrected chi connectivity index (χ4v) is 6.72. The van der Waals surface area contributed by atoms with Crippen LogP contribution in [0.1, 0.15) is 55.3 Å². The predicted molar refractivity (Wildman–Crippen MR) is 135 cm³/mol. The number of alkyl halides is 3. The molecular formula is C28H32F3N5. The van der Waals surface area contributed by atoms with Gasteiger partial charge in [-0.15, -0.1) is 6.58 Å². The summed E-state index contributed by atoms with van der Waals surface area (Å²) >= 11 is 0. The molecule has 3 aromatic rings. The van der Waals surface area contributed by atoms with Gasteiger partial charge in [-0.1, -0.05) is 18.2 Å². The van der Waals surface area contributed by atoms with Crippen molar-refractivity contribution in [3.8, 4) is 0 Å². The van der Waals surface area contributed by atoms with E-state index in [2.05, 4.69) is 27.8 Å². The highest BCUT2D eigenvalue weighted by atomic mass is 19.4. The normalized spacial score (nSPS) is 24.6. The lowest BCUT2D eigenvalue weighted by atomic mass is 9.66. The van der Waals surface area contributed by atoms with Crippen LogP contribution in [0.15, 0.2) is 49.3 Å². The van der Waals surface area contributed by atoms with Crippen molar-refractivity contribution < 1.29 is 13.2 Å². The molecule has 6 rings (SSSR count). The van der Waals surface area contributed by atoms with Crippen LogP contribution in [0.2, 0.25) is 0 Å². The number of halogens is 3. The Morgan fingerprint density at radius 2 is 1.92 bits per heavy atom. The quantitative estimate of drug-likeness (QED) is 0.449. The van der Waals surface area contributed by atoms with Crippen molar-refractivity contribution in [3.05, 3.63) is 66.0 Å². The van der Waals surface area contributed by atoms with Gasteiger partial charge in [-0.05, 0) is 73.8 Å². The van der Waals surface area contributed by atoms with Crippen LogP contribution in [0.3, 0.4) is 0 Å². The molecule has 0 unspecified atom stereocenters. The molecule has 2 atom stereocenters. The summed E-state index contributed by atoms with van der Waals surface area (Å²) in [6.07, 6.45) is 6.79. The van der Waals surface area contributed by atoms with Gasteiger partial charge in [0.1, 0.15) is 5.82 Å². The topological polar surface area (TPSA) is 48.1 Å². The summed E-state index contributed by atoms with van der Waals surface area (Å²) < 4.78 is 40.9. The average Bonchev–Trinajstić information content (AvgIpc) is 3.32. The van der Waals surface area contributed by atoms with Crippen molar-refractivity contribution in [2.75, 3.05) is 24.5 Å². The monoisotopic (exact) mass is 495 g/mol. The van der Waals surface area contributed by atoms with Crippen LogP contribution in [0, 0.1) is 11.3 Å². The molecule has 4 heterocycles. The molecule has 190 valence electrons.